The van der Waals surface area contributed by atoms with Gasteiger partial charge in [-0.1, -0.05) is 12.1 Å². The van der Waals surface area contributed by atoms with Crippen molar-refractivity contribution in [3.8, 4) is 0 Å². The van der Waals surface area contributed by atoms with Gasteiger partial charge < -0.3 is 20.9 Å². The summed E-state index contributed by atoms with van der Waals surface area (Å²) in [6.45, 7) is 1.58. The lowest BCUT2D eigenvalue weighted by molar-refractivity contribution is 0.0890. The molecule has 2 aliphatic heterocycles. The molecule has 0 unspecified atom stereocenters. The van der Waals surface area contributed by atoms with Crippen LogP contribution in [0.1, 0.15) is 35.2 Å². The summed E-state index contributed by atoms with van der Waals surface area (Å²) in [7, 11) is 1.96. The van der Waals surface area contributed by atoms with Crippen LogP contribution in [0.2, 0.25) is 0 Å². The predicted molar refractivity (Wildman–Crippen MR) is 110 cm³/mol. The summed E-state index contributed by atoms with van der Waals surface area (Å²) in [5, 5.41) is 2.95. The molecule has 1 fully saturated rings. The van der Waals surface area contributed by atoms with E-state index in [0.29, 0.717) is 50.1 Å². The van der Waals surface area contributed by atoms with E-state index in [9.17, 15) is 14.0 Å². The second-order valence-corrected chi connectivity index (χ2v) is 7.93. The van der Waals surface area contributed by atoms with Crippen molar-refractivity contribution in [1.29, 1.82) is 0 Å². The molecule has 1 saturated heterocycles. The van der Waals surface area contributed by atoms with E-state index in [2.05, 4.69) is 10.2 Å². The van der Waals surface area contributed by atoms with Crippen LogP contribution in [-0.4, -0.2) is 42.4 Å². The first kappa shape index (κ1) is 19.2. The molecule has 29 heavy (non-hydrogen) atoms. The van der Waals surface area contributed by atoms with E-state index in [4.69, 9.17) is 5.73 Å². The number of nitrogens with zero attached hydrogens (tertiary/aromatic N) is 2. The molecule has 2 heterocycles. The summed E-state index contributed by atoms with van der Waals surface area (Å²) in [6, 6.07) is 11.7. The zero-order valence-corrected chi connectivity index (χ0v) is 16.5. The highest BCUT2D eigenvalue weighted by Gasteiger charge is 2.45. The number of ketones is 1. The van der Waals surface area contributed by atoms with Gasteiger partial charge in [-0.25, -0.2) is 9.18 Å². The first-order chi connectivity index (χ1) is 13.9. The van der Waals surface area contributed by atoms with Gasteiger partial charge >= 0.3 is 6.03 Å². The van der Waals surface area contributed by atoms with Gasteiger partial charge in [0.25, 0.3) is 0 Å². The van der Waals surface area contributed by atoms with Gasteiger partial charge in [-0.05, 0) is 48.7 Å². The van der Waals surface area contributed by atoms with Gasteiger partial charge in [0, 0.05) is 50.0 Å². The summed E-state index contributed by atoms with van der Waals surface area (Å²) in [6.07, 6.45) is 1.74. The molecule has 2 aromatic carbocycles. The highest BCUT2D eigenvalue weighted by Crippen LogP contribution is 2.41. The molecule has 2 amide bonds. The summed E-state index contributed by atoms with van der Waals surface area (Å²) >= 11 is 0. The Morgan fingerprint density at radius 3 is 2.55 bits per heavy atom. The molecule has 0 saturated carbocycles. The second kappa shape index (κ2) is 7.39. The van der Waals surface area contributed by atoms with Crippen LogP contribution in [0.5, 0.6) is 0 Å². The number of rotatable bonds is 2. The lowest BCUT2D eigenvalue weighted by Gasteiger charge is -2.50. The second-order valence-electron chi connectivity index (χ2n) is 7.93. The van der Waals surface area contributed by atoms with Crippen LogP contribution in [0.3, 0.4) is 0 Å². The summed E-state index contributed by atoms with van der Waals surface area (Å²) in [4.78, 5) is 29.1. The average Bonchev–Trinajstić information content (AvgIpc) is 2.72. The van der Waals surface area contributed by atoms with E-state index >= 15 is 0 Å². The average molecular weight is 396 g/mol. The Labute approximate surface area is 169 Å². The number of carbonyl (C=O) groups is 2. The number of hydrogen-bond donors (Lipinski definition) is 2. The number of Topliss-reactive ketones (excluding diaryl/α,β-unsaturated/α-hetero) is 1. The Balaban J connectivity index is 1.39. The number of hydrogen-bond acceptors (Lipinski definition) is 4. The molecule has 0 atom stereocenters. The van der Waals surface area contributed by atoms with E-state index in [1.807, 2.05) is 31.3 Å². The van der Waals surface area contributed by atoms with Crippen molar-refractivity contribution in [2.45, 2.75) is 31.3 Å². The lowest BCUT2D eigenvalue weighted by Crippen LogP contribution is -2.59. The van der Waals surface area contributed by atoms with E-state index in [1.54, 1.807) is 11.0 Å². The zero-order valence-electron chi connectivity index (χ0n) is 16.5. The number of urea groups is 1. The molecule has 0 bridgehead atoms. The van der Waals surface area contributed by atoms with E-state index in [-0.39, 0.29) is 17.4 Å². The van der Waals surface area contributed by atoms with E-state index in [0.717, 1.165) is 11.3 Å². The molecule has 7 heteroatoms. The van der Waals surface area contributed by atoms with Crippen molar-refractivity contribution in [3.05, 3.63) is 59.4 Å². The van der Waals surface area contributed by atoms with Crippen LogP contribution in [0.15, 0.2) is 42.5 Å². The highest BCUT2D eigenvalue weighted by molar-refractivity contribution is 6.04. The normalized spacial score (nSPS) is 17.9. The SMILES string of the molecule is CN1c2ccc(F)cc2C(=O)CC12CCN(C(=O)NCc1ccc(N)cc1)CC2. The molecular formula is C22H25FN4O2. The van der Waals surface area contributed by atoms with E-state index < -0.39 is 5.82 Å². The van der Waals surface area contributed by atoms with Gasteiger partial charge in [-0.2, -0.15) is 0 Å². The molecule has 6 nitrogen and oxygen atoms in total. The molecule has 2 aliphatic rings. The fourth-order valence-corrected chi connectivity index (χ4v) is 4.36. The van der Waals surface area contributed by atoms with Crippen LogP contribution >= 0.6 is 0 Å². The number of nitrogens with one attached hydrogen (secondary N) is 1. The minimum absolute atomic E-state index is 0.0288. The molecule has 1 spiro atoms. The Bertz CT molecular complexity index is 936. The van der Waals surface area contributed by atoms with Gasteiger partial charge in [0.2, 0.25) is 0 Å². The number of benzene rings is 2. The standard InChI is InChI=1S/C22H25FN4O2/c1-26-19-7-4-16(23)12-18(19)20(28)13-22(26)8-10-27(11-9-22)21(29)25-14-15-2-5-17(24)6-3-15/h2-7,12H,8-11,13-14,24H2,1H3,(H,25,29). The number of carbonyl (C=O) groups excluding carboxylic acids is 2. The van der Waals surface area contributed by atoms with Crippen molar-refractivity contribution in [1.82, 2.24) is 10.2 Å². The van der Waals surface area contributed by atoms with E-state index in [1.165, 1.54) is 12.1 Å². The minimum Gasteiger partial charge on any atom is -0.399 e. The molecule has 0 radical (unpaired) electrons. The number of likely N-dealkylation sites (tertiary alicyclic amines) is 1. The number of piperidine rings is 1. The van der Waals surface area contributed by atoms with Crippen LogP contribution in [0, 0.1) is 5.82 Å². The topological polar surface area (TPSA) is 78.7 Å². The summed E-state index contributed by atoms with van der Waals surface area (Å²) in [5.74, 6) is -0.423. The van der Waals surface area contributed by atoms with Crippen LogP contribution in [0.25, 0.3) is 0 Å². The fourth-order valence-electron chi connectivity index (χ4n) is 4.36. The third-order valence-electron chi connectivity index (χ3n) is 6.23. The van der Waals surface area contributed by atoms with Gasteiger partial charge in [0.05, 0.1) is 5.54 Å². The lowest BCUT2D eigenvalue weighted by atomic mass is 9.77. The quantitative estimate of drug-likeness (QED) is 0.765. The molecule has 0 aromatic heterocycles. The third-order valence-corrected chi connectivity index (χ3v) is 6.23. The number of nitrogens with two attached hydrogens (primary N) is 1. The Morgan fingerprint density at radius 2 is 1.86 bits per heavy atom. The Kier molecular flexibility index (Phi) is 4.90. The van der Waals surface area contributed by atoms with Gasteiger partial charge in [-0.3, -0.25) is 4.79 Å². The van der Waals surface area contributed by atoms with Crippen molar-refractivity contribution in [2.24, 2.45) is 0 Å². The predicted octanol–water partition coefficient (Wildman–Crippen LogP) is 3.17. The summed E-state index contributed by atoms with van der Waals surface area (Å²) in [5.41, 5.74) is 8.25. The maximum absolute atomic E-state index is 13.6. The van der Waals surface area contributed by atoms with Crippen LogP contribution in [0.4, 0.5) is 20.6 Å². The van der Waals surface area contributed by atoms with Crippen molar-refractivity contribution in [3.63, 3.8) is 0 Å². The maximum atomic E-state index is 13.6. The van der Waals surface area contributed by atoms with Gasteiger partial charge in [0.15, 0.2) is 5.78 Å². The molecule has 2 aromatic rings. The molecule has 152 valence electrons. The smallest absolute Gasteiger partial charge is 0.317 e. The number of anilines is 2. The first-order valence-electron chi connectivity index (χ1n) is 9.82. The number of halogens is 1. The zero-order chi connectivity index (χ0) is 20.6. The van der Waals surface area contributed by atoms with Crippen molar-refractivity contribution in [2.75, 3.05) is 30.8 Å². The maximum Gasteiger partial charge on any atom is 0.317 e. The van der Waals surface area contributed by atoms with Gasteiger partial charge in [0.1, 0.15) is 5.82 Å². The van der Waals surface area contributed by atoms with Gasteiger partial charge in [-0.15, -0.1) is 0 Å². The van der Waals surface area contributed by atoms with Crippen LogP contribution < -0.4 is 16.0 Å². The molecular weight excluding hydrogens is 371 g/mol. The Morgan fingerprint density at radius 1 is 1.17 bits per heavy atom. The monoisotopic (exact) mass is 396 g/mol. The number of fused-ring (bicyclic) bond motifs is 1. The van der Waals surface area contributed by atoms with Crippen molar-refractivity contribution < 1.29 is 14.0 Å². The first-order valence-corrected chi connectivity index (χ1v) is 9.82. The number of nitrogen functional groups attached to an aromatic ring is 1. The largest absolute Gasteiger partial charge is 0.399 e. The summed E-state index contributed by atoms with van der Waals surface area (Å²) < 4.78 is 13.6. The third kappa shape index (κ3) is 3.64. The van der Waals surface area contributed by atoms with Crippen molar-refractivity contribution >= 4 is 23.2 Å². The van der Waals surface area contributed by atoms with Crippen LogP contribution in [-0.2, 0) is 6.54 Å². The highest BCUT2D eigenvalue weighted by atomic mass is 19.1. The fraction of sp³-hybridized carbons (Fsp3) is 0.364. The Hall–Kier alpha value is -3.09. The molecule has 4 rings (SSSR count). The molecule has 0 aliphatic carbocycles. The minimum atomic E-state index is -0.394. The number of amides is 2. The molecule has 3 N–H and O–H groups in total.